The Labute approximate surface area is 219 Å². The third-order valence-electron chi connectivity index (χ3n) is 4.86. The van der Waals surface area contributed by atoms with E-state index in [-0.39, 0.29) is 5.91 Å². The number of para-hydroxylation sites is 2. The number of carbonyl (C=O) groups excluding carboxylic acids is 1. The van der Waals surface area contributed by atoms with Gasteiger partial charge in [-0.05, 0) is 55.5 Å². The lowest BCUT2D eigenvalue weighted by Gasteiger charge is -2.16. The third-order valence-corrected chi connectivity index (χ3v) is 6.45. The standard InChI is InChI=1S/C25H26ClN3O4S2/c1-15(24(30)28-20-13-18(26)22(32-3)14-23(20)33-4)35-17-9-7-8-16(12-17)27-25(34)29-19-10-5-6-11-21(19)31-2/h5-15H,1-4H3,(H,28,30)(H2,27,29,34). The van der Waals surface area contributed by atoms with E-state index in [4.69, 9.17) is 38.0 Å². The van der Waals surface area contributed by atoms with E-state index < -0.39 is 5.25 Å². The van der Waals surface area contributed by atoms with Gasteiger partial charge in [0, 0.05) is 16.6 Å². The summed E-state index contributed by atoms with van der Waals surface area (Å²) in [6.07, 6.45) is 0. The summed E-state index contributed by atoms with van der Waals surface area (Å²) >= 11 is 13.1. The van der Waals surface area contributed by atoms with Crippen molar-refractivity contribution < 1.29 is 19.0 Å². The average molecular weight is 532 g/mol. The summed E-state index contributed by atoms with van der Waals surface area (Å²) in [4.78, 5) is 13.8. The minimum Gasteiger partial charge on any atom is -0.495 e. The molecule has 1 amide bonds. The summed E-state index contributed by atoms with van der Waals surface area (Å²) < 4.78 is 15.9. The number of thioether (sulfide) groups is 1. The Morgan fingerprint density at radius 2 is 1.57 bits per heavy atom. The molecule has 3 aromatic carbocycles. The van der Waals surface area contributed by atoms with Gasteiger partial charge in [-0.2, -0.15) is 0 Å². The molecule has 0 bridgehead atoms. The second-order valence-electron chi connectivity index (χ2n) is 7.24. The maximum atomic E-state index is 12.9. The molecule has 1 unspecified atom stereocenters. The molecule has 0 saturated heterocycles. The Balaban J connectivity index is 1.63. The van der Waals surface area contributed by atoms with Crippen molar-refractivity contribution in [2.75, 3.05) is 37.3 Å². The van der Waals surface area contributed by atoms with Crippen LogP contribution in [0.1, 0.15) is 6.92 Å². The fourth-order valence-corrected chi connectivity index (χ4v) is 4.52. The first-order valence-corrected chi connectivity index (χ1v) is 12.2. The van der Waals surface area contributed by atoms with Crippen LogP contribution >= 0.6 is 35.6 Å². The zero-order chi connectivity index (χ0) is 25.4. The Morgan fingerprint density at radius 3 is 2.29 bits per heavy atom. The molecule has 0 fully saturated rings. The number of methoxy groups -OCH3 is 3. The Morgan fingerprint density at radius 1 is 0.857 bits per heavy atom. The van der Waals surface area contributed by atoms with Crippen LogP contribution < -0.4 is 30.2 Å². The van der Waals surface area contributed by atoms with Gasteiger partial charge in [0.1, 0.15) is 17.2 Å². The first-order valence-electron chi connectivity index (χ1n) is 10.5. The molecule has 0 aliphatic heterocycles. The van der Waals surface area contributed by atoms with Crippen molar-refractivity contribution >= 4 is 63.7 Å². The molecule has 3 aromatic rings. The quantitative estimate of drug-likeness (QED) is 0.219. The molecule has 0 aliphatic carbocycles. The second-order valence-corrected chi connectivity index (χ2v) is 9.47. The maximum absolute atomic E-state index is 12.9. The van der Waals surface area contributed by atoms with E-state index in [0.717, 1.165) is 16.3 Å². The number of thiocarbonyl (C=S) groups is 1. The summed E-state index contributed by atoms with van der Waals surface area (Å²) in [6.45, 7) is 1.82. The topological polar surface area (TPSA) is 80.9 Å². The molecule has 10 heteroatoms. The number of hydrogen-bond donors (Lipinski definition) is 3. The van der Waals surface area contributed by atoms with Crippen molar-refractivity contribution in [1.82, 2.24) is 0 Å². The van der Waals surface area contributed by atoms with E-state index in [9.17, 15) is 4.79 Å². The molecule has 0 aliphatic rings. The number of halogens is 1. The van der Waals surface area contributed by atoms with Crippen LogP contribution in [0, 0.1) is 0 Å². The molecule has 35 heavy (non-hydrogen) atoms. The summed E-state index contributed by atoms with van der Waals surface area (Å²) in [5, 5.41) is 9.58. The van der Waals surface area contributed by atoms with Gasteiger partial charge in [-0.15, -0.1) is 11.8 Å². The lowest BCUT2D eigenvalue weighted by molar-refractivity contribution is -0.115. The van der Waals surface area contributed by atoms with Gasteiger partial charge < -0.3 is 30.2 Å². The Hall–Kier alpha value is -3.14. The van der Waals surface area contributed by atoms with E-state index in [0.29, 0.717) is 33.1 Å². The highest BCUT2D eigenvalue weighted by Gasteiger charge is 2.18. The molecule has 1 atom stereocenters. The van der Waals surface area contributed by atoms with Crippen molar-refractivity contribution in [3.05, 3.63) is 65.7 Å². The molecule has 0 aromatic heterocycles. The van der Waals surface area contributed by atoms with Crippen molar-refractivity contribution in [3.8, 4) is 17.2 Å². The van der Waals surface area contributed by atoms with Gasteiger partial charge in [0.25, 0.3) is 0 Å². The van der Waals surface area contributed by atoms with Gasteiger partial charge in [0.05, 0.1) is 43.0 Å². The van der Waals surface area contributed by atoms with Crippen LogP contribution in [0.15, 0.2) is 65.6 Å². The van der Waals surface area contributed by atoms with E-state index in [1.165, 1.54) is 26.0 Å². The number of hydrogen-bond acceptors (Lipinski definition) is 6. The molecular formula is C25H26ClN3O4S2. The molecule has 0 heterocycles. The fourth-order valence-electron chi connectivity index (χ4n) is 3.13. The summed E-state index contributed by atoms with van der Waals surface area (Å²) in [7, 11) is 4.64. The molecule has 0 saturated carbocycles. The fraction of sp³-hybridized carbons (Fsp3) is 0.200. The molecule has 7 nitrogen and oxygen atoms in total. The molecule has 184 valence electrons. The first kappa shape index (κ1) is 26.5. The third kappa shape index (κ3) is 7.17. The molecule has 0 radical (unpaired) electrons. The van der Waals surface area contributed by atoms with Gasteiger partial charge in [-0.3, -0.25) is 4.79 Å². The average Bonchev–Trinajstić information content (AvgIpc) is 2.84. The first-order chi connectivity index (χ1) is 16.8. The minimum absolute atomic E-state index is 0.193. The highest BCUT2D eigenvalue weighted by molar-refractivity contribution is 8.00. The largest absolute Gasteiger partial charge is 0.495 e. The zero-order valence-corrected chi connectivity index (χ0v) is 22.1. The number of benzene rings is 3. The van der Waals surface area contributed by atoms with Crippen molar-refractivity contribution in [2.24, 2.45) is 0 Å². The number of amides is 1. The highest BCUT2D eigenvalue weighted by atomic mass is 35.5. The highest BCUT2D eigenvalue weighted by Crippen LogP contribution is 2.36. The predicted molar refractivity (Wildman–Crippen MR) is 148 cm³/mol. The molecule has 0 spiro atoms. The van der Waals surface area contributed by atoms with Crippen LogP contribution in [0.25, 0.3) is 0 Å². The normalized spacial score (nSPS) is 11.2. The van der Waals surface area contributed by atoms with E-state index in [2.05, 4.69) is 16.0 Å². The van der Waals surface area contributed by atoms with Crippen LogP contribution in [-0.4, -0.2) is 37.6 Å². The number of ether oxygens (including phenoxy) is 3. The van der Waals surface area contributed by atoms with Crippen LogP contribution in [-0.2, 0) is 4.79 Å². The SMILES string of the molecule is COc1cc(OC)c(NC(=O)C(C)Sc2cccc(NC(=S)Nc3ccccc3OC)c2)cc1Cl. The van der Waals surface area contributed by atoms with Gasteiger partial charge in [0.2, 0.25) is 5.91 Å². The van der Waals surface area contributed by atoms with Crippen molar-refractivity contribution in [3.63, 3.8) is 0 Å². The van der Waals surface area contributed by atoms with Gasteiger partial charge in [-0.25, -0.2) is 0 Å². The van der Waals surface area contributed by atoms with Crippen LogP contribution in [0.4, 0.5) is 17.1 Å². The predicted octanol–water partition coefficient (Wildman–Crippen LogP) is 6.29. The summed E-state index contributed by atoms with van der Waals surface area (Å²) in [6, 6.07) is 18.4. The minimum atomic E-state index is -0.394. The number of rotatable bonds is 9. The van der Waals surface area contributed by atoms with E-state index in [1.54, 1.807) is 19.2 Å². The van der Waals surface area contributed by atoms with Gasteiger partial charge in [0.15, 0.2) is 5.11 Å². The van der Waals surface area contributed by atoms with E-state index in [1.807, 2.05) is 55.5 Å². The van der Waals surface area contributed by atoms with Gasteiger partial charge >= 0.3 is 0 Å². The number of carbonyl (C=O) groups is 1. The lowest BCUT2D eigenvalue weighted by atomic mass is 10.2. The molecule has 3 rings (SSSR count). The maximum Gasteiger partial charge on any atom is 0.237 e. The summed E-state index contributed by atoms with van der Waals surface area (Å²) in [5.74, 6) is 1.42. The zero-order valence-electron chi connectivity index (χ0n) is 19.7. The van der Waals surface area contributed by atoms with Crippen LogP contribution in [0.3, 0.4) is 0 Å². The monoisotopic (exact) mass is 531 g/mol. The van der Waals surface area contributed by atoms with Gasteiger partial charge in [-0.1, -0.05) is 29.8 Å². The Bertz CT molecular complexity index is 1210. The van der Waals surface area contributed by atoms with Crippen LogP contribution in [0.2, 0.25) is 5.02 Å². The summed E-state index contributed by atoms with van der Waals surface area (Å²) in [5.41, 5.74) is 2.02. The smallest absolute Gasteiger partial charge is 0.237 e. The van der Waals surface area contributed by atoms with E-state index >= 15 is 0 Å². The van der Waals surface area contributed by atoms with Crippen molar-refractivity contribution in [2.45, 2.75) is 17.1 Å². The molecule has 3 N–H and O–H groups in total. The lowest BCUT2D eigenvalue weighted by Crippen LogP contribution is -2.22. The second kappa shape index (κ2) is 12.5. The molecular weight excluding hydrogens is 506 g/mol. The number of anilines is 3. The number of nitrogens with one attached hydrogen (secondary N) is 3. The Kier molecular flexibility index (Phi) is 9.47. The van der Waals surface area contributed by atoms with Crippen molar-refractivity contribution in [1.29, 1.82) is 0 Å². The van der Waals surface area contributed by atoms with Crippen LogP contribution in [0.5, 0.6) is 17.2 Å².